The maximum atomic E-state index is 11.8. The number of carbonyl (C=O) groups excluding carboxylic acids is 1. The van der Waals surface area contributed by atoms with Crippen LogP contribution in [0.2, 0.25) is 0 Å². The topological polar surface area (TPSA) is 29.1 Å². The van der Waals surface area contributed by atoms with E-state index in [1.807, 2.05) is 0 Å². The van der Waals surface area contributed by atoms with Gasteiger partial charge in [-0.25, -0.2) is 0 Å². The lowest BCUT2D eigenvalue weighted by Gasteiger charge is -2.21. The van der Waals surface area contributed by atoms with Gasteiger partial charge >= 0.3 is 0 Å². The lowest BCUT2D eigenvalue weighted by atomic mass is 9.97. The maximum absolute atomic E-state index is 11.8. The van der Waals surface area contributed by atoms with Crippen LogP contribution < -0.4 is 5.32 Å². The molecule has 1 aliphatic rings. The number of rotatable bonds is 5. The Morgan fingerprint density at radius 1 is 1.18 bits per heavy atom. The molecule has 0 aromatic carbocycles. The lowest BCUT2D eigenvalue weighted by Crippen LogP contribution is -2.36. The molecule has 1 fully saturated rings. The van der Waals surface area contributed by atoms with E-state index < -0.39 is 0 Å². The minimum absolute atomic E-state index is 0.237. The van der Waals surface area contributed by atoms with Gasteiger partial charge in [-0.05, 0) is 24.5 Å². The monoisotopic (exact) mass is 257 g/mol. The molecule has 1 saturated carbocycles. The summed E-state index contributed by atoms with van der Waals surface area (Å²) in [7, 11) is 0. The fourth-order valence-electron chi connectivity index (χ4n) is 2.26. The molecule has 1 rings (SSSR count). The summed E-state index contributed by atoms with van der Waals surface area (Å²) in [6.45, 7) is 4.39. The first-order valence-corrected chi connectivity index (χ1v) is 8.21. The maximum Gasteiger partial charge on any atom is 0.230 e. The van der Waals surface area contributed by atoms with Gasteiger partial charge in [-0.3, -0.25) is 4.79 Å². The van der Waals surface area contributed by atoms with Crippen molar-refractivity contribution in [3.8, 4) is 0 Å². The molecular formula is C14H27NOS. The molecule has 0 heterocycles. The molecule has 0 atom stereocenters. The first-order valence-electron chi connectivity index (χ1n) is 7.05. The minimum Gasteiger partial charge on any atom is -0.353 e. The summed E-state index contributed by atoms with van der Waals surface area (Å²) in [4.78, 5) is 11.8. The van der Waals surface area contributed by atoms with Gasteiger partial charge in [-0.15, -0.1) is 0 Å². The quantitative estimate of drug-likeness (QED) is 0.815. The number of hydrogen-bond acceptors (Lipinski definition) is 2. The van der Waals surface area contributed by atoms with Crippen molar-refractivity contribution in [1.29, 1.82) is 0 Å². The van der Waals surface area contributed by atoms with E-state index in [4.69, 9.17) is 0 Å². The van der Waals surface area contributed by atoms with Crippen LogP contribution in [0, 0.1) is 5.92 Å². The van der Waals surface area contributed by atoms with E-state index in [0.29, 0.717) is 17.7 Å². The van der Waals surface area contributed by atoms with Crippen molar-refractivity contribution in [2.75, 3.05) is 11.5 Å². The second-order valence-electron chi connectivity index (χ2n) is 5.52. The normalized spacial score (nSPS) is 18.8. The molecule has 0 spiro atoms. The van der Waals surface area contributed by atoms with Crippen molar-refractivity contribution in [2.45, 2.75) is 64.8 Å². The number of thioether (sulfide) groups is 1. The van der Waals surface area contributed by atoms with Gasteiger partial charge < -0.3 is 5.32 Å². The van der Waals surface area contributed by atoms with E-state index in [1.165, 1.54) is 44.9 Å². The van der Waals surface area contributed by atoms with Crippen LogP contribution >= 0.6 is 11.8 Å². The average Bonchev–Trinajstić information content (AvgIpc) is 2.21. The predicted molar refractivity (Wildman–Crippen MR) is 76.4 cm³/mol. The average molecular weight is 257 g/mol. The first kappa shape index (κ1) is 14.9. The highest BCUT2D eigenvalue weighted by Crippen LogP contribution is 2.17. The van der Waals surface area contributed by atoms with Gasteiger partial charge in [0.25, 0.3) is 0 Å². The van der Waals surface area contributed by atoms with Crippen LogP contribution in [0.3, 0.4) is 0 Å². The Balaban J connectivity index is 2.14. The summed E-state index contributed by atoms with van der Waals surface area (Å²) >= 11 is 1.76. The smallest absolute Gasteiger partial charge is 0.230 e. The molecule has 0 aliphatic heterocycles. The summed E-state index contributed by atoms with van der Waals surface area (Å²) in [5.74, 6) is 2.63. The van der Waals surface area contributed by atoms with Crippen LogP contribution in [0.25, 0.3) is 0 Å². The van der Waals surface area contributed by atoms with Crippen molar-refractivity contribution in [1.82, 2.24) is 5.32 Å². The van der Waals surface area contributed by atoms with Gasteiger partial charge in [-0.1, -0.05) is 46.0 Å². The van der Waals surface area contributed by atoms with Crippen LogP contribution in [0.5, 0.6) is 0 Å². The molecule has 0 bridgehead atoms. The molecule has 1 amide bonds. The Hall–Kier alpha value is -0.180. The van der Waals surface area contributed by atoms with E-state index in [2.05, 4.69) is 19.2 Å². The highest BCUT2D eigenvalue weighted by atomic mass is 32.2. The van der Waals surface area contributed by atoms with Gasteiger partial charge in [0.1, 0.15) is 0 Å². The van der Waals surface area contributed by atoms with Crippen LogP contribution in [0.15, 0.2) is 0 Å². The van der Waals surface area contributed by atoms with E-state index in [1.54, 1.807) is 11.8 Å². The third-order valence-corrected chi connectivity index (χ3v) is 4.52. The Bertz CT molecular complexity index is 210. The molecule has 0 unspecified atom stereocenters. The second kappa shape index (κ2) is 8.84. The van der Waals surface area contributed by atoms with Crippen molar-refractivity contribution in [2.24, 2.45) is 5.92 Å². The van der Waals surface area contributed by atoms with Gasteiger partial charge in [0.05, 0.1) is 5.75 Å². The summed E-state index contributed by atoms with van der Waals surface area (Å²) in [6, 6.07) is 0.447. The molecule has 100 valence electrons. The SMILES string of the molecule is CC(C)CSCC(=O)NC1CCCCCCC1. The number of carbonyl (C=O) groups is 1. The Morgan fingerprint density at radius 3 is 2.35 bits per heavy atom. The fraction of sp³-hybridized carbons (Fsp3) is 0.929. The number of hydrogen-bond donors (Lipinski definition) is 1. The minimum atomic E-state index is 0.237. The molecular weight excluding hydrogens is 230 g/mol. The van der Waals surface area contributed by atoms with Crippen molar-refractivity contribution >= 4 is 17.7 Å². The zero-order valence-electron chi connectivity index (χ0n) is 11.3. The third-order valence-electron chi connectivity index (χ3n) is 3.15. The molecule has 1 aliphatic carbocycles. The molecule has 17 heavy (non-hydrogen) atoms. The van der Waals surface area contributed by atoms with Crippen molar-refractivity contribution < 1.29 is 4.79 Å². The highest BCUT2D eigenvalue weighted by Gasteiger charge is 2.13. The Morgan fingerprint density at radius 2 is 1.76 bits per heavy atom. The van der Waals surface area contributed by atoms with Gasteiger partial charge in [-0.2, -0.15) is 11.8 Å². The number of amides is 1. The Kier molecular flexibility index (Phi) is 7.74. The fourth-order valence-corrected chi connectivity index (χ4v) is 3.12. The summed E-state index contributed by atoms with van der Waals surface area (Å²) in [6.07, 6.45) is 8.99. The molecule has 0 aromatic heterocycles. The molecule has 0 aromatic rings. The summed E-state index contributed by atoms with van der Waals surface area (Å²) in [5.41, 5.74) is 0. The molecule has 0 radical (unpaired) electrons. The molecule has 3 heteroatoms. The molecule has 0 saturated heterocycles. The largest absolute Gasteiger partial charge is 0.353 e. The first-order chi connectivity index (χ1) is 8.18. The van der Waals surface area contributed by atoms with Gasteiger partial charge in [0, 0.05) is 6.04 Å². The van der Waals surface area contributed by atoms with E-state index in [9.17, 15) is 4.79 Å². The van der Waals surface area contributed by atoms with Crippen LogP contribution in [-0.4, -0.2) is 23.5 Å². The zero-order chi connectivity index (χ0) is 12.5. The van der Waals surface area contributed by atoms with Crippen LogP contribution in [0.4, 0.5) is 0 Å². The molecule has 2 nitrogen and oxygen atoms in total. The summed E-state index contributed by atoms with van der Waals surface area (Å²) in [5, 5.41) is 3.20. The van der Waals surface area contributed by atoms with E-state index in [-0.39, 0.29) is 5.91 Å². The van der Waals surface area contributed by atoms with Gasteiger partial charge in [0.2, 0.25) is 5.91 Å². The highest BCUT2D eigenvalue weighted by molar-refractivity contribution is 7.99. The van der Waals surface area contributed by atoms with Crippen molar-refractivity contribution in [3.05, 3.63) is 0 Å². The van der Waals surface area contributed by atoms with E-state index in [0.717, 1.165) is 5.75 Å². The van der Waals surface area contributed by atoms with Gasteiger partial charge in [0.15, 0.2) is 0 Å². The standard InChI is InChI=1S/C14H27NOS/c1-12(2)10-17-11-14(16)15-13-8-6-4-3-5-7-9-13/h12-13H,3-11H2,1-2H3,(H,15,16). The van der Waals surface area contributed by atoms with Crippen LogP contribution in [-0.2, 0) is 4.79 Å². The predicted octanol–water partition coefficient (Wildman–Crippen LogP) is 3.60. The Labute approximate surface area is 110 Å². The molecule has 1 N–H and O–H groups in total. The van der Waals surface area contributed by atoms with Crippen molar-refractivity contribution in [3.63, 3.8) is 0 Å². The lowest BCUT2D eigenvalue weighted by molar-refractivity contribution is -0.119. The second-order valence-corrected chi connectivity index (χ2v) is 6.55. The zero-order valence-corrected chi connectivity index (χ0v) is 12.2. The summed E-state index contributed by atoms with van der Waals surface area (Å²) < 4.78 is 0. The van der Waals surface area contributed by atoms with E-state index >= 15 is 0 Å². The number of nitrogens with one attached hydrogen (secondary N) is 1. The van der Waals surface area contributed by atoms with Crippen LogP contribution in [0.1, 0.15) is 58.8 Å². The third kappa shape index (κ3) is 7.69.